The van der Waals surface area contributed by atoms with Gasteiger partial charge in [0.15, 0.2) is 5.82 Å². The van der Waals surface area contributed by atoms with Crippen molar-refractivity contribution >= 4 is 34.7 Å². The topological polar surface area (TPSA) is 135 Å². The summed E-state index contributed by atoms with van der Waals surface area (Å²) in [5.41, 5.74) is -0.990. The number of carbonyl (C=O) groups excluding carboxylic acids is 2. The van der Waals surface area contributed by atoms with E-state index in [0.717, 1.165) is 0 Å². The van der Waals surface area contributed by atoms with Gasteiger partial charge in [0.2, 0.25) is 11.8 Å². The molecule has 216 valence electrons. The van der Waals surface area contributed by atoms with Crippen LogP contribution in [0, 0.1) is 5.82 Å². The number of hydrogen-bond donors (Lipinski definition) is 2. The van der Waals surface area contributed by atoms with Crippen molar-refractivity contribution in [2.75, 3.05) is 5.32 Å². The Balaban J connectivity index is 1.33. The lowest BCUT2D eigenvalue weighted by Gasteiger charge is -2.33. The van der Waals surface area contributed by atoms with E-state index in [-0.39, 0.29) is 51.5 Å². The van der Waals surface area contributed by atoms with Crippen molar-refractivity contribution in [3.8, 4) is 16.9 Å². The van der Waals surface area contributed by atoms with Crippen molar-refractivity contribution in [2.45, 2.75) is 44.4 Å². The molecule has 2 N–H and O–H groups in total. The number of aromatic amines is 1. The zero-order chi connectivity index (χ0) is 32.3. The molecule has 4 aromatic rings. The largest absolute Gasteiger partial charge is 0.433 e. The van der Waals surface area contributed by atoms with E-state index in [0.29, 0.717) is 30.7 Å². The molecule has 0 unspecified atom stereocenters. The predicted octanol–water partition coefficient (Wildman–Crippen LogP) is 4.74. The van der Waals surface area contributed by atoms with Gasteiger partial charge in [-0.2, -0.15) is 17.9 Å². The van der Waals surface area contributed by atoms with Crippen LogP contribution in [-0.4, -0.2) is 57.9 Å². The van der Waals surface area contributed by atoms with Gasteiger partial charge in [-0.3, -0.25) is 9.59 Å². The summed E-state index contributed by atoms with van der Waals surface area (Å²) in [5.74, 6) is -2.35. The van der Waals surface area contributed by atoms with Crippen LogP contribution in [0.15, 0.2) is 43.0 Å². The molecule has 11 nitrogen and oxygen atoms in total. The first kappa shape index (κ1) is 24.0. The normalized spacial score (nSPS) is 20.0. The number of aromatic nitrogens is 7. The number of amides is 2. The average molecular weight is 605 g/mol. The van der Waals surface area contributed by atoms with Crippen molar-refractivity contribution in [3.63, 3.8) is 0 Å². The Kier molecular flexibility index (Phi) is 5.89. The zero-order valence-corrected chi connectivity index (χ0v) is 21.9. The third-order valence-electron chi connectivity index (χ3n) is 7.14. The lowest BCUT2D eigenvalue weighted by Crippen LogP contribution is -2.39. The van der Waals surface area contributed by atoms with Crippen LogP contribution in [0.2, 0.25) is 5.02 Å². The Morgan fingerprint density at radius 2 is 2.07 bits per heavy atom. The quantitative estimate of drug-likeness (QED) is 0.314. The maximum absolute atomic E-state index is 15.4. The minimum absolute atomic E-state index is 0.0231. The molecule has 16 heteroatoms. The van der Waals surface area contributed by atoms with E-state index in [2.05, 4.69) is 35.8 Å². The van der Waals surface area contributed by atoms with Crippen molar-refractivity contribution in [1.82, 2.24) is 40.1 Å². The van der Waals surface area contributed by atoms with Gasteiger partial charge >= 0.3 is 6.18 Å². The van der Waals surface area contributed by atoms with Crippen molar-refractivity contribution in [1.29, 1.82) is 0 Å². The number of anilines is 1. The number of carbonyl (C=O) groups is 2. The fraction of sp³-hybridized carbons (Fsp3) is 0.269. The third kappa shape index (κ3) is 4.89. The second-order valence-corrected chi connectivity index (χ2v) is 10.0. The monoisotopic (exact) mass is 604 g/mol. The summed E-state index contributed by atoms with van der Waals surface area (Å²) >= 11 is 6.08. The van der Waals surface area contributed by atoms with Crippen LogP contribution >= 0.6 is 11.6 Å². The van der Waals surface area contributed by atoms with Crippen molar-refractivity contribution in [2.24, 2.45) is 0 Å². The molecule has 42 heavy (non-hydrogen) atoms. The summed E-state index contributed by atoms with van der Waals surface area (Å²) in [6.07, 6.45) is 0.860. The van der Waals surface area contributed by atoms with E-state index in [1.807, 2.05) is 0 Å². The highest BCUT2D eigenvalue weighted by molar-refractivity contribution is 6.31. The summed E-state index contributed by atoms with van der Waals surface area (Å²) in [5, 5.41) is 12.9. The average Bonchev–Trinajstić information content (AvgIpc) is 3.74. The van der Waals surface area contributed by atoms with Crippen LogP contribution < -0.4 is 5.32 Å². The molecule has 5 heterocycles. The van der Waals surface area contributed by atoms with E-state index < -0.39 is 42.4 Å². The summed E-state index contributed by atoms with van der Waals surface area (Å²) in [6.45, 7) is -3.07. The maximum atomic E-state index is 15.4. The number of tetrazole rings is 1. The minimum atomic E-state index is -4.83. The first-order valence-electron chi connectivity index (χ1n) is 13.9. The first-order chi connectivity index (χ1) is 21.2. The fourth-order valence-electron chi connectivity index (χ4n) is 5.40. The molecule has 2 aliphatic rings. The predicted molar refractivity (Wildman–Crippen MR) is 140 cm³/mol. The molecule has 0 radical (unpaired) electrons. The SMILES string of the molecule is [2H]C([2H])([2H])C(=O)Nc1cnc(C(F)(F)F)cc1-c1cnc([C@@H]2CC[C@@H]3CC(c4c(-n5cnnn5)ccc(Cl)c4F)=CC(=O)N32)[nH]1. The highest BCUT2D eigenvalue weighted by Gasteiger charge is 2.42. The molecule has 2 aliphatic heterocycles. The summed E-state index contributed by atoms with van der Waals surface area (Å²) in [4.78, 5) is 37.8. The van der Waals surface area contributed by atoms with Gasteiger partial charge in [0.1, 0.15) is 17.8 Å². The van der Waals surface area contributed by atoms with Gasteiger partial charge in [0.05, 0.1) is 40.5 Å². The van der Waals surface area contributed by atoms with Gasteiger partial charge in [-0.25, -0.2) is 14.4 Å². The summed E-state index contributed by atoms with van der Waals surface area (Å²) in [7, 11) is 0. The molecular weight excluding hydrogens is 582 g/mol. The smallest absolute Gasteiger partial charge is 0.340 e. The summed E-state index contributed by atoms with van der Waals surface area (Å²) in [6, 6.07) is 2.57. The van der Waals surface area contributed by atoms with Crippen LogP contribution in [0.25, 0.3) is 22.5 Å². The lowest BCUT2D eigenvalue weighted by molar-refractivity contribution is -0.141. The van der Waals surface area contributed by atoms with Gasteiger partial charge in [0, 0.05) is 34.2 Å². The van der Waals surface area contributed by atoms with E-state index in [4.69, 9.17) is 15.7 Å². The van der Waals surface area contributed by atoms with Crippen LogP contribution in [0.5, 0.6) is 0 Å². The molecule has 2 amide bonds. The zero-order valence-electron chi connectivity index (χ0n) is 24.2. The summed E-state index contributed by atoms with van der Waals surface area (Å²) < 4.78 is 79.0. The number of benzene rings is 1. The van der Waals surface area contributed by atoms with Crippen LogP contribution in [-0.2, 0) is 15.8 Å². The number of pyridine rings is 1. The molecule has 0 saturated carbocycles. The van der Waals surface area contributed by atoms with Gasteiger partial charge in [0.25, 0.3) is 0 Å². The highest BCUT2D eigenvalue weighted by atomic mass is 35.5. The lowest BCUT2D eigenvalue weighted by atomic mass is 9.92. The van der Waals surface area contributed by atoms with E-state index in [1.54, 1.807) is 4.90 Å². The van der Waals surface area contributed by atoms with E-state index >= 15 is 4.39 Å². The maximum Gasteiger partial charge on any atom is 0.433 e. The molecule has 0 bridgehead atoms. The molecule has 0 spiro atoms. The second-order valence-electron chi connectivity index (χ2n) is 9.63. The number of fused-ring (bicyclic) bond motifs is 1. The third-order valence-corrected chi connectivity index (χ3v) is 7.44. The molecule has 1 saturated heterocycles. The fourth-order valence-corrected chi connectivity index (χ4v) is 5.56. The Morgan fingerprint density at radius 1 is 1.24 bits per heavy atom. The van der Waals surface area contributed by atoms with E-state index in [9.17, 15) is 22.8 Å². The Morgan fingerprint density at radius 3 is 2.81 bits per heavy atom. The minimum Gasteiger partial charge on any atom is -0.340 e. The van der Waals surface area contributed by atoms with Crippen molar-refractivity contribution in [3.05, 3.63) is 70.9 Å². The van der Waals surface area contributed by atoms with Gasteiger partial charge < -0.3 is 15.2 Å². The number of imidazole rings is 1. The number of rotatable bonds is 5. The Labute approximate surface area is 243 Å². The van der Waals surface area contributed by atoms with Gasteiger partial charge in [-0.15, -0.1) is 5.10 Å². The van der Waals surface area contributed by atoms with E-state index in [1.165, 1.54) is 35.4 Å². The van der Waals surface area contributed by atoms with Crippen LogP contribution in [0.4, 0.5) is 23.2 Å². The van der Waals surface area contributed by atoms with Crippen LogP contribution in [0.3, 0.4) is 0 Å². The number of nitrogens with zero attached hydrogens (tertiary/aromatic N) is 7. The standard InChI is InChI=1S/C26H20ClF4N9O2/c1-12(41)35-17-9-32-21(26(29,30)31)8-15(17)18-10-33-25(36-18)20-4-2-14-6-13(7-22(42)40(14)20)23-19(39-11-34-37-38-39)5-3-16(27)24(23)28/h3,5,7-11,14,20H,2,4,6H2,1H3,(H,33,36)(H,35,41)/t14-,20+/m1/s1/i1D3. The Bertz CT molecular complexity index is 1840. The molecule has 6 rings (SSSR count). The Hall–Kier alpha value is -4.66. The molecule has 3 aromatic heterocycles. The number of H-pyrrole nitrogens is 1. The molecule has 2 atom stereocenters. The number of hydrogen-bond acceptors (Lipinski definition) is 7. The molecular formula is C26H20ClF4N9O2. The first-order valence-corrected chi connectivity index (χ1v) is 12.8. The van der Waals surface area contributed by atoms with Gasteiger partial charge in [-0.1, -0.05) is 11.6 Å². The van der Waals surface area contributed by atoms with Gasteiger partial charge in [-0.05, 0) is 53.5 Å². The second kappa shape index (κ2) is 10.3. The van der Waals surface area contributed by atoms with Crippen molar-refractivity contribution < 1.29 is 31.3 Å². The van der Waals surface area contributed by atoms with Crippen LogP contribution in [0.1, 0.15) is 53.4 Å². The highest BCUT2D eigenvalue weighted by Crippen LogP contribution is 2.44. The molecule has 1 aromatic carbocycles. The number of halogens is 5. The molecule has 1 fully saturated rings. The number of alkyl halides is 3. The number of nitrogens with one attached hydrogen (secondary N) is 2. The molecule has 0 aliphatic carbocycles.